The number of aliphatic hydroxyl groups is 1. The highest BCUT2D eigenvalue weighted by molar-refractivity contribution is 9.10. The largest absolute Gasteiger partial charge is 0.507 e. The number of Topliss-reactive ketones (excluding diaryl/α,β-unsaturated/α-hetero) is 1. The number of nitrogens with zero attached hydrogens (tertiary/aromatic N) is 1. The lowest BCUT2D eigenvalue weighted by Crippen LogP contribution is -2.31. The number of carbonyl (C=O) groups is 2. The van der Waals surface area contributed by atoms with Crippen molar-refractivity contribution in [2.24, 2.45) is 0 Å². The lowest BCUT2D eigenvalue weighted by atomic mass is 9.95. The molecule has 1 saturated heterocycles. The van der Waals surface area contributed by atoms with Crippen LogP contribution in [0.5, 0.6) is 5.75 Å². The number of halogens is 1. The van der Waals surface area contributed by atoms with Crippen molar-refractivity contribution in [1.82, 2.24) is 4.90 Å². The van der Waals surface area contributed by atoms with Gasteiger partial charge in [0.15, 0.2) is 0 Å². The summed E-state index contributed by atoms with van der Waals surface area (Å²) in [4.78, 5) is 27.6. The van der Waals surface area contributed by atoms with Crippen molar-refractivity contribution >= 4 is 33.4 Å². The first-order chi connectivity index (χ1) is 15.5. The minimum absolute atomic E-state index is 0.0931. The topological polar surface area (TPSA) is 66.8 Å². The molecule has 4 rings (SSSR count). The van der Waals surface area contributed by atoms with Crippen molar-refractivity contribution in [2.45, 2.75) is 12.5 Å². The minimum atomic E-state index is -0.681. The zero-order chi connectivity index (χ0) is 22.7. The molecule has 0 aliphatic carbocycles. The van der Waals surface area contributed by atoms with E-state index in [2.05, 4.69) is 15.9 Å². The smallest absolute Gasteiger partial charge is 0.295 e. The number of benzene rings is 3. The molecule has 1 N–H and O–H groups in total. The van der Waals surface area contributed by atoms with Crippen molar-refractivity contribution in [3.05, 3.63) is 106 Å². The Hall–Kier alpha value is -3.38. The van der Waals surface area contributed by atoms with Crippen LogP contribution in [0.2, 0.25) is 0 Å². The molecule has 0 radical (unpaired) electrons. The predicted octanol–water partition coefficient (Wildman–Crippen LogP) is 5.12. The van der Waals surface area contributed by atoms with Gasteiger partial charge in [0.25, 0.3) is 11.7 Å². The maximum Gasteiger partial charge on any atom is 0.295 e. The number of hydrogen-bond donors (Lipinski definition) is 1. The number of rotatable bonds is 6. The molecule has 1 heterocycles. The van der Waals surface area contributed by atoms with Crippen LogP contribution in [0.25, 0.3) is 5.76 Å². The Bertz CT molecular complexity index is 1150. The van der Waals surface area contributed by atoms with Gasteiger partial charge in [0.1, 0.15) is 11.5 Å². The number of ketones is 1. The van der Waals surface area contributed by atoms with Crippen LogP contribution in [-0.2, 0) is 16.0 Å². The molecule has 32 heavy (non-hydrogen) atoms. The van der Waals surface area contributed by atoms with Crippen LogP contribution in [0, 0.1) is 0 Å². The summed E-state index contributed by atoms with van der Waals surface area (Å²) in [5, 5.41) is 11.1. The molecule has 1 aliphatic rings. The summed E-state index contributed by atoms with van der Waals surface area (Å²) in [6, 6.07) is 23.3. The van der Waals surface area contributed by atoms with E-state index in [0.717, 1.165) is 15.6 Å². The second kappa shape index (κ2) is 9.40. The van der Waals surface area contributed by atoms with Gasteiger partial charge in [-0.05, 0) is 53.9 Å². The van der Waals surface area contributed by atoms with E-state index in [-0.39, 0.29) is 11.3 Å². The number of hydrogen-bond acceptors (Lipinski definition) is 4. The number of likely N-dealkylation sites (tertiary alicyclic amines) is 1. The highest BCUT2D eigenvalue weighted by Gasteiger charge is 2.45. The highest BCUT2D eigenvalue weighted by Crippen LogP contribution is 2.39. The molecular weight excluding hydrogens is 470 g/mol. The predicted molar refractivity (Wildman–Crippen MR) is 126 cm³/mol. The summed E-state index contributed by atoms with van der Waals surface area (Å²) in [6.45, 7) is 0.356. The molecule has 0 unspecified atom stereocenters. The molecule has 1 atom stereocenters. The van der Waals surface area contributed by atoms with Crippen molar-refractivity contribution < 1.29 is 19.4 Å². The average molecular weight is 492 g/mol. The summed E-state index contributed by atoms with van der Waals surface area (Å²) in [7, 11) is 1.56. The molecule has 1 fully saturated rings. The Kier molecular flexibility index (Phi) is 6.42. The molecule has 3 aromatic rings. The number of carbonyl (C=O) groups excluding carboxylic acids is 2. The average Bonchev–Trinajstić information content (AvgIpc) is 3.08. The monoisotopic (exact) mass is 491 g/mol. The highest BCUT2D eigenvalue weighted by atomic mass is 79.9. The summed E-state index contributed by atoms with van der Waals surface area (Å²) in [5.74, 6) is -0.848. The Labute approximate surface area is 195 Å². The van der Waals surface area contributed by atoms with Gasteiger partial charge in [0, 0.05) is 16.6 Å². The molecule has 0 saturated carbocycles. The Morgan fingerprint density at radius 2 is 1.62 bits per heavy atom. The SMILES string of the molecule is COc1ccc(C(O)=C2C(=O)C(=O)N(CCc3ccccc3)[C@H]2c2ccc(Br)cc2)cc1. The van der Waals surface area contributed by atoms with Crippen LogP contribution in [0.1, 0.15) is 22.7 Å². The molecule has 0 aromatic heterocycles. The molecule has 0 bridgehead atoms. The van der Waals surface area contributed by atoms with Gasteiger partial charge in [-0.25, -0.2) is 0 Å². The van der Waals surface area contributed by atoms with Gasteiger partial charge in [0.05, 0.1) is 18.7 Å². The van der Waals surface area contributed by atoms with E-state index in [9.17, 15) is 14.7 Å². The number of ether oxygens (including phenoxy) is 1. The first-order valence-corrected chi connectivity index (χ1v) is 11.0. The molecular formula is C26H22BrNO4. The van der Waals surface area contributed by atoms with E-state index in [1.807, 2.05) is 54.6 Å². The second-order valence-corrected chi connectivity index (χ2v) is 8.42. The molecule has 0 spiro atoms. The third kappa shape index (κ3) is 4.32. The molecule has 3 aromatic carbocycles. The van der Waals surface area contributed by atoms with E-state index in [4.69, 9.17) is 4.74 Å². The van der Waals surface area contributed by atoms with Gasteiger partial charge in [-0.3, -0.25) is 9.59 Å². The normalized spacial score (nSPS) is 17.6. The van der Waals surface area contributed by atoms with Crippen LogP contribution < -0.4 is 4.74 Å². The standard InChI is InChI=1S/C26H22BrNO4/c1-32-21-13-9-19(10-14-21)24(29)22-23(18-7-11-20(27)12-8-18)28(26(31)25(22)30)16-15-17-5-3-2-4-6-17/h2-14,23,29H,15-16H2,1H3/t23-/m0/s1. The van der Waals surface area contributed by atoms with Crippen molar-refractivity contribution in [3.8, 4) is 5.75 Å². The maximum absolute atomic E-state index is 13.1. The zero-order valence-corrected chi connectivity index (χ0v) is 19.1. The van der Waals surface area contributed by atoms with Crippen LogP contribution >= 0.6 is 15.9 Å². The summed E-state index contributed by atoms with van der Waals surface area (Å²) in [6.07, 6.45) is 0.601. The van der Waals surface area contributed by atoms with E-state index in [1.165, 1.54) is 0 Å². The molecule has 6 heteroatoms. The van der Waals surface area contributed by atoms with Gasteiger partial charge >= 0.3 is 0 Å². The van der Waals surface area contributed by atoms with Crippen LogP contribution in [0.3, 0.4) is 0 Å². The first kappa shape index (κ1) is 21.8. The molecule has 162 valence electrons. The maximum atomic E-state index is 13.1. The van der Waals surface area contributed by atoms with Gasteiger partial charge in [-0.2, -0.15) is 0 Å². The molecule has 5 nitrogen and oxygen atoms in total. The van der Waals surface area contributed by atoms with Gasteiger partial charge in [-0.1, -0.05) is 58.4 Å². The lowest BCUT2D eigenvalue weighted by Gasteiger charge is -2.25. The summed E-state index contributed by atoms with van der Waals surface area (Å²) < 4.78 is 6.06. The fourth-order valence-corrected chi connectivity index (χ4v) is 4.17. The van der Waals surface area contributed by atoms with E-state index >= 15 is 0 Å². The quantitative estimate of drug-likeness (QED) is 0.295. The summed E-state index contributed by atoms with van der Waals surface area (Å²) in [5.41, 5.74) is 2.37. The van der Waals surface area contributed by atoms with E-state index in [0.29, 0.717) is 24.3 Å². The van der Waals surface area contributed by atoms with Crippen LogP contribution in [0.15, 0.2) is 88.9 Å². The first-order valence-electron chi connectivity index (χ1n) is 10.2. The fourth-order valence-electron chi connectivity index (χ4n) is 3.90. The number of aliphatic hydroxyl groups excluding tert-OH is 1. The second-order valence-electron chi connectivity index (χ2n) is 7.51. The van der Waals surface area contributed by atoms with Gasteiger partial charge in [-0.15, -0.1) is 0 Å². The number of amides is 1. The van der Waals surface area contributed by atoms with E-state index < -0.39 is 17.7 Å². The van der Waals surface area contributed by atoms with Gasteiger partial charge < -0.3 is 14.7 Å². The Morgan fingerprint density at radius 3 is 2.25 bits per heavy atom. The Balaban J connectivity index is 1.77. The zero-order valence-electron chi connectivity index (χ0n) is 17.5. The van der Waals surface area contributed by atoms with Crippen LogP contribution in [-0.4, -0.2) is 35.4 Å². The lowest BCUT2D eigenvalue weighted by molar-refractivity contribution is -0.139. The Morgan fingerprint density at radius 1 is 0.969 bits per heavy atom. The van der Waals surface area contributed by atoms with Crippen LogP contribution in [0.4, 0.5) is 0 Å². The minimum Gasteiger partial charge on any atom is -0.507 e. The molecule has 1 aliphatic heterocycles. The van der Waals surface area contributed by atoms with Crippen molar-refractivity contribution in [1.29, 1.82) is 0 Å². The fraction of sp³-hybridized carbons (Fsp3) is 0.154. The summed E-state index contributed by atoms with van der Waals surface area (Å²) >= 11 is 3.43. The third-order valence-electron chi connectivity index (χ3n) is 5.57. The van der Waals surface area contributed by atoms with Gasteiger partial charge in [0.2, 0.25) is 0 Å². The van der Waals surface area contributed by atoms with Crippen molar-refractivity contribution in [3.63, 3.8) is 0 Å². The molecule has 1 amide bonds. The van der Waals surface area contributed by atoms with E-state index in [1.54, 1.807) is 36.3 Å². The number of methoxy groups -OCH3 is 1. The third-order valence-corrected chi connectivity index (χ3v) is 6.10. The van der Waals surface area contributed by atoms with Crippen molar-refractivity contribution in [2.75, 3.05) is 13.7 Å².